The van der Waals surface area contributed by atoms with Gasteiger partial charge in [0, 0.05) is 37.9 Å². The number of carbonyl (C=O) groups is 2. The summed E-state index contributed by atoms with van der Waals surface area (Å²) in [6, 6.07) is 5.48. The number of amides is 1. The number of halogens is 1. The van der Waals surface area contributed by atoms with Gasteiger partial charge in [0.15, 0.2) is 0 Å². The molecular weight excluding hydrogens is 325 g/mol. The molecule has 0 saturated carbocycles. The van der Waals surface area contributed by atoms with Gasteiger partial charge in [0.2, 0.25) is 11.5 Å². The number of carboxylic acid groups (broad SMARTS) is 1. The summed E-state index contributed by atoms with van der Waals surface area (Å²) in [5.74, 6) is -1.28. The Labute approximate surface area is 146 Å². The van der Waals surface area contributed by atoms with Gasteiger partial charge in [0.1, 0.15) is 11.6 Å². The zero-order valence-corrected chi connectivity index (χ0v) is 14.0. The highest BCUT2D eigenvalue weighted by molar-refractivity contribution is 5.81. The third-order valence-corrected chi connectivity index (χ3v) is 5.00. The lowest BCUT2D eigenvalue weighted by Crippen LogP contribution is -2.55. The summed E-state index contributed by atoms with van der Waals surface area (Å²) in [6.07, 6.45) is 6.99. The molecule has 1 aromatic carbocycles. The first-order valence-corrected chi connectivity index (χ1v) is 8.62. The van der Waals surface area contributed by atoms with Crippen LogP contribution in [0.4, 0.5) is 4.39 Å². The van der Waals surface area contributed by atoms with Crippen LogP contribution >= 0.6 is 0 Å². The van der Waals surface area contributed by atoms with E-state index < -0.39 is 17.4 Å². The molecule has 0 unspecified atom stereocenters. The van der Waals surface area contributed by atoms with Crippen molar-refractivity contribution >= 4 is 11.9 Å². The Morgan fingerprint density at radius 3 is 2.60 bits per heavy atom. The number of carboxylic acids is 1. The van der Waals surface area contributed by atoms with Gasteiger partial charge in [0.25, 0.3) is 0 Å². The fourth-order valence-corrected chi connectivity index (χ4v) is 3.48. The van der Waals surface area contributed by atoms with Gasteiger partial charge in [-0.25, -0.2) is 9.18 Å². The van der Waals surface area contributed by atoms with Crippen LogP contribution in [0.25, 0.3) is 0 Å². The molecule has 0 spiro atoms. The van der Waals surface area contributed by atoms with Crippen LogP contribution in [-0.2, 0) is 9.59 Å². The number of nitrogens with zero attached hydrogens (tertiary/aromatic N) is 1. The zero-order valence-electron chi connectivity index (χ0n) is 14.0. The van der Waals surface area contributed by atoms with Gasteiger partial charge in [-0.1, -0.05) is 18.2 Å². The Morgan fingerprint density at radius 2 is 2.00 bits per heavy atom. The summed E-state index contributed by atoms with van der Waals surface area (Å²) < 4.78 is 19.0. The highest BCUT2D eigenvalue weighted by Crippen LogP contribution is 2.31. The number of piperidine rings is 1. The third kappa shape index (κ3) is 3.83. The molecule has 1 N–H and O–H groups in total. The molecule has 2 aliphatic rings. The SMILES string of the molecule is O=C([C@@H]1CC=CCC1)N1CCC(Oc2cccc(F)c2)(C(=O)O)CC1. The highest BCUT2D eigenvalue weighted by atomic mass is 19.1. The van der Waals surface area contributed by atoms with Gasteiger partial charge in [-0.2, -0.15) is 0 Å². The molecule has 3 rings (SSSR count). The summed E-state index contributed by atoms with van der Waals surface area (Å²) in [5.41, 5.74) is -1.42. The van der Waals surface area contributed by atoms with Gasteiger partial charge >= 0.3 is 5.97 Å². The summed E-state index contributed by atoms with van der Waals surface area (Å²) in [5, 5.41) is 9.66. The van der Waals surface area contributed by atoms with E-state index in [9.17, 15) is 19.1 Å². The lowest BCUT2D eigenvalue weighted by atomic mass is 9.88. The molecule has 1 aliphatic heterocycles. The molecule has 0 aromatic heterocycles. The number of ether oxygens (including phenoxy) is 1. The molecule has 1 atom stereocenters. The Kier molecular flexibility index (Phi) is 5.06. The summed E-state index contributed by atoms with van der Waals surface area (Å²) in [6.45, 7) is 0.668. The Balaban J connectivity index is 1.67. The summed E-state index contributed by atoms with van der Waals surface area (Å²) >= 11 is 0. The quantitative estimate of drug-likeness (QED) is 0.850. The van der Waals surface area contributed by atoms with Gasteiger partial charge in [-0.3, -0.25) is 4.79 Å². The molecule has 1 fully saturated rings. The van der Waals surface area contributed by atoms with Crippen LogP contribution in [0, 0.1) is 11.7 Å². The molecule has 1 amide bonds. The standard InChI is InChI=1S/C19H22FNO4/c20-15-7-4-8-16(13-15)25-19(18(23)24)9-11-21(12-10-19)17(22)14-5-2-1-3-6-14/h1-2,4,7-8,13-14H,3,5-6,9-12H2,(H,23,24)/t14-/m1/s1. The first-order chi connectivity index (χ1) is 12.0. The van der Waals surface area contributed by atoms with Crippen LogP contribution in [0.3, 0.4) is 0 Å². The van der Waals surface area contributed by atoms with Crippen LogP contribution in [0.15, 0.2) is 36.4 Å². The highest BCUT2D eigenvalue weighted by Gasteiger charge is 2.45. The maximum atomic E-state index is 13.3. The maximum Gasteiger partial charge on any atom is 0.348 e. The number of aliphatic carboxylic acids is 1. The van der Waals surface area contributed by atoms with Crippen LogP contribution < -0.4 is 4.74 Å². The predicted octanol–water partition coefficient (Wildman–Crippen LogP) is 3.01. The lowest BCUT2D eigenvalue weighted by molar-refractivity contribution is -0.162. The molecule has 0 radical (unpaired) electrons. The van der Waals surface area contributed by atoms with Gasteiger partial charge in [0.05, 0.1) is 0 Å². The minimum absolute atomic E-state index is 0.00790. The average Bonchev–Trinajstić information content (AvgIpc) is 2.62. The van der Waals surface area contributed by atoms with Gasteiger partial charge in [-0.05, 0) is 31.4 Å². The number of benzene rings is 1. The largest absolute Gasteiger partial charge is 0.478 e. The second-order valence-corrected chi connectivity index (χ2v) is 6.67. The van der Waals surface area contributed by atoms with Crippen molar-refractivity contribution in [2.75, 3.05) is 13.1 Å². The summed E-state index contributed by atoms with van der Waals surface area (Å²) in [4.78, 5) is 26.1. The van der Waals surface area contributed by atoms with Gasteiger partial charge < -0.3 is 14.7 Å². The van der Waals surface area contributed by atoms with Crippen molar-refractivity contribution in [3.8, 4) is 5.75 Å². The second-order valence-electron chi connectivity index (χ2n) is 6.67. The first-order valence-electron chi connectivity index (χ1n) is 8.62. The minimum Gasteiger partial charge on any atom is -0.478 e. The topological polar surface area (TPSA) is 66.8 Å². The number of allylic oxidation sites excluding steroid dienone is 2. The van der Waals surface area contributed by atoms with E-state index in [1.54, 1.807) is 11.0 Å². The molecule has 1 heterocycles. The van der Waals surface area contributed by atoms with Crippen molar-refractivity contribution in [2.24, 2.45) is 5.92 Å². The molecule has 134 valence electrons. The molecule has 1 aliphatic carbocycles. The van der Waals surface area contributed by atoms with Gasteiger partial charge in [-0.15, -0.1) is 0 Å². The molecule has 6 heteroatoms. The first kappa shape index (κ1) is 17.5. The van der Waals surface area contributed by atoms with Crippen molar-refractivity contribution in [1.29, 1.82) is 0 Å². The fraction of sp³-hybridized carbons (Fsp3) is 0.474. The maximum absolute atomic E-state index is 13.3. The smallest absolute Gasteiger partial charge is 0.348 e. The molecule has 25 heavy (non-hydrogen) atoms. The van der Waals surface area contributed by atoms with E-state index in [0.717, 1.165) is 19.3 Å². The van der Waals surface area contributed by atoms with Crippen molar-refractivity contribution in [2.45, 2.75) is 37.7 Å². The van der Waals surface area contributed by atoms with Crippen molar-refractivity contribution < 1.29 is 23.8 Å². The minimum atomic E-state index is -1.42. The number of likely N-dealkylation sites (tertiary alicyclic amines) is 1. The normalized spacial score (nSPS) is 22.4. The van der Waals surface area contributed by atoms with Crippen molar-refractivity contribution in [3.63, 3.8) is 0 Å². The number of carbonyl (C=O) groups excluding carboxylic acids is 1. The van der Waals surface area contributed by atoms with E-state index in [-0.39, 0.29) is 30.4 Å². The third-order valence-electron chi connectivity index (χ3n) is 5.00. The van der Waals surface area contributed by atoms with E-state index in [1.807, 2.05) is 6.08 Å². The Hall–Kier alpha value is -2.37. The van der Waals surface area contributed by atoms with Crippen LogP contribution in [0.2, 0.25) is 0 Å². The van der Waals surface area contributed by atoms with E-state index in [1.165, 1.54) is 18.2 Å². The van der Waals surface area contributed by atoms with Crippen LogP contribution in [0.5, 0.6) is 5.75 Å². The van der Waals surface area contributed by atoms with Crippen LogP contribution in [-0.4, -0.2) is 40.6 Å². The Morgan fingerprint density at radius 1 is 1.24 bits per heavy atom. The average molecular weight is 347 g/mol. The van der Waals surface area contributed by atoms with E-state index in [0.29, 0.717) is 13.1 Å². The summed E-state index contributed by atoms with van der Waals surface area (Å²) in [7, 11) is 0. The van der Waals surface area contributed by atoms with Crippen molar-refractivity contribution in [1.82, 2.24) is 4.90 Å². The molecule has 0 bridgehead atoms. The van der Waals surface area contributed by atoms with E-state index >= 15 is 0 Å². The predicted molar refractivity (Wildman–Crippen MR) is 89.7 cm³/mol. The fourth-order valence-electron chi connectivity index (χ4n) is 3.48. The second kappa shape index (κ2) is 7.25. The molecule has 1 saturated heterocycles. The Bertz CT molecular complexity index is 680. The van der Waals surface area contributed by atoms with E-state index in [4.69, 9.17) is 4.74 Å². The number of rotatable bonds is 4. The van der Waals surface area contributed by atoms with E-state index in [2.05, 4.69) is 6.08 Å². The van der Waals surface area contributed by atoms with Crippen molar-refractivity contribution in [3.05, 3.63) is 42.2 Å². The molecule has 5 nitrogen and oxygen atoms in total. The molecular formula is C19H22FNO4. The number of hydrogen-bond acceptors (Lipinski definition) is 3. The monoisotopic (exact) mass is 347 g/mol. The number of hydrogen-bond donors (Lipinski definition) is 1. The molecule has 1 aromatic rings. The van der Waals surface area contributed by atoms with Crippen LogP contribution in [0.1, 0.15) is 32.1 Å². The zero-order chi connectivity index (χ0) is 17.9. The lowest BCUT2D eigenvalue weighted by Gasteiger charge is -2.40.